The second-order valence-electron chi connectivity index (χ2n) is 3.23. The Kier molecular flexibility index (Phi) is 4.86. The lowest BCUT2D eigenvalue weighted by Crippen LogP contribution is -2.05. The van der Waals surface area contributed by atoms with Crippen molar-refractivity contribution in [1.82, 2.24) is 0 Å². The molecule has 0 spiro atoms. The fourth-order valence-electron chi connectivity index (χ4n) is 1.57. The van der Waals surface area contributed by atoms with Crippen molar-refractivity contribution in [2.45, 2.75) is 20.0 Å². The van der Waals surface area contributed by atoms with Crippen LogP contribution < -0.4 is 15.4 Å². The number of hydrogen-bond donors (Lipinski definition) is 1. The van der Waals surface area contributed by atoms with E-state index in [-0.39, 0.29) is 6.61 Å². The number of ether oxygens (including phenoxy) is 2. The van der Waals surface area contributed by atoms with Crippen LogP contribution in [0.4, 0.5) is 0 Å². The zero-order chi connectivity index (χ0) is 12.1. The van der Waals surface area contributed by atoms with Gasteiger partial charge in [0.05, 0.1) is 25.8 Å². The summed E-state index contributed by atoms with van der Waals surface area (Å²) in [5.74, 6) is 6.28. The number of aryl methyl sites for hydroxylation is 1. The first-order valence-electron chi connectivity index (χ1n) is 4.93. The van der Waals surface area contributed by atoms with E-state index in [1.54, 1.807) is 14.2 Å². The lowest BCUT2D eigenvalue weighted by molar-refractivity contribution is 0.121. The largest absolute Gasteiger partial charge is 0.493 e. The summed E-state index contributed by atoms with van der Waals surface area (Å²) in [4.78, 5) is 4.63. The lowest BCUT2D eigenvalue weighted by Gasteiger charge is -2.16. The summed E-state index contributed by atoms with van der Waals surface area (Å²) in [5.41, 5.74) is 1.69. The Bertz CT molecular complexity index is 369. The Hall–Kier alpha value is -0.970. The first kappa shape index (κ1) is 13.1. The van der Waals surface area contributed by atoms with Crippen molar-refractivity contribution in [3.63, 3.8) is 0 Å². The van der Waals surface area contributed by atoms with Crippen LogP contribution in [-0.2, 0) is 17.9 Å². The minimum atomic E-state index is 0.187. The van der Waals surface area contributed by atoms with Crippen molar-refractivity contribution >= 4 is 11.6 Å². The molecule has 0 aromatic heterocycles. The predicted octanol–water partition coefficient (Wildman–Crippen LogP) is 2.31. The van der Waals surface area contributed by atoms with Gasteiger partial charge in [-0.2, -0.15) is 0 Å². The van der Waals surface area contributed by atoms with Gasteiger partial charge in [0.15, 0.2) is 11.5 Å². The number of benzene rings is 1. The van der Waals surface area contributed by atoms with Crippen molar-refractivity contribution in [1.29, 1.82) is 0 Å². The molecule has 0 saturated carbocycles. The summed E-state index contributed by atoms with van der Waals surface area (Å²) in [6.07, 6.45) is 0.802. The van der Waals surface area contributed by atoms with E-state index in [4.69, 9.17) is 27.0 Å². The Morgan fingerprint density at radius 1 is 1.31 bits per heavy atom. The molecule has 0 aliphatic carbocycles. The highest BCUT2D eigenvalue weighted by Gasteiger charge is 2.17. The van der Waals surface area contributed by atoms with Gasteiger partial charge in [-0.05, 0) is 18.1 Å². The van der Waals surface area contributed by atoms with Crippen molar-refractivity contribution in [3.05, 3.63) is 22.2 Å². The molecule has 0 amide bonds. The van der Waals surface area contributed by atoms with Crippen molar-refractivity contribution in [2.24, 2.45) is 5.90 Å². The van der Waals surface area contributed by atoms with Gasteiger partial charge >= 0.3 is 0 Å². The molecule has 1 rings (SSSR count). The monoisotopic (exact) mass is 245 g/mol. The highest BCUT2D eigenvalue weighted by Crippen LogP contribution is 2.39. The normalized spacial score (nSPS) is 10.3. The molecule has 16 heavy (non-hydrogen) atoms. The van der Waals surface area contributed by atoms with Gasteiger partial charge in [0.25, 0.3) is 0 Å². The van der Waals surface area contributed by atoms with Gasteiger partial charge in [-0.3, -0.25) is 4.84 Å². The maximum Gasteiger partial charge on any atom is 0.167 e. The third-order valence-corrected chi connectivity index (χ3v) is 2.85. The molecule has 0 atom stereocenters. The van der Waals surface area contributed by atoms with Crippen LogP contribution in [0.3, 0.4) is 0 Å². The van der Waals surface area contributed by atoms with Gasteiger partial charge in [0.2, 0.25) is 0 Å². The van der Waals surface area contributed by atoms with E-state index in [9.17, 15) is 0 Å². The molecule has 0 fully saturated rings. The molecule has 90 valence electrons. The number of halogens is 1. The second-order valence-corrected chi connectivity index (χ2v) is 3.61. The second kappa shape index (κ2) is 5.94. The highest BCUT2D eigenvalue weighted by atomic mass is 35.5. The quantitative estimate of drug-likeness (QED) is 0.809. The maximum absolute atomic E-state index is 6.23. The number of methoxy groups -OCH3 is 2. The van der Waals surface area contributed by atoms with Crippen LogP contribution in [-0.4, -0.2) is 14.2 Å². The molecule has 0 aliphatic heterocycles. The molecule has 0 radical (unpaired) electrons. The number of hydrogen-bond acceptors (Lipinski definition) is 4. The van der Waals surface area contributed by atoms with Crippen LogP contribution in [0, 0.1) is 0 Å². The molecule has 4 nitrogen and oxygen atoms in total. The van der Waals surface area contributed by atoms with Crippen LogP contribution in [0.25, 0.3) is 0 Å². The fourth-order valence-corrected chi connectivity index (χ4v) is 1.90. The highest BCUT2D eigenvalue weighted by molar-refractivity contribution is 6.32. The van der Waals surface area contributed by atoms with Crippen LogP contribution in [0.15, 0.2) is 6.07 Å². The van der Waals surface area contributed by atoms with Gasteiger partial charge in [0.1, 0.15) is 0 Å². The molecule has 1 aromatic rings. The minimum absolute atomic E-state index is 0.187. The predicted molar refractivity (Wildman–Crippen MR) is 62.9 cm³/mol. The fraction of sp³-hybridized carbons (Fsp3) is 0.455. The number of rotatable bonds is 5. The molecule has 0 saturated heterocycles. The third kappa shape index (κ3) is 2.40. The summed E-state index contributed by atoms with van der Waals surface area (Å²) in [6, 6.07) is 1.86. The Balaban J connectivity index is 3.38. The van der Waals surface area contributed by atoms with E-state index in [0.717, 1.165) is 12.0 Å². The zero-order valence-corrected chi connectivity index (χ0v) is 10.4. The van der Waals surface area contributed by atoms with E-state index < -0.39 is 0 Å². The lowest BCUT2D eigenvalue weighted by atomic mass is 10.1. The standard InChI is InChI=1S/C11H16ClNO3/c1-4-7-5-9(14-2)11(15-3)8(6-16-13)10(7)12/h5H,4,6,13H2,1-3H3. The van der Waals surface area contributed by atoms with E-state index in [1.807, 2.05) is 13.0 Å². The molecule has 5 heteroatoms. The smallest absolute Gasteiger partial charge is 0.167 e. The van der Waals surface area contributed by atoms with Gasteiger partial charge < -0.3 is 9.47 Å². The Labute approximate surface area is 100 Å². The van der Waals surface area contributed by atoms with Gasteiger partial charge in [-0.15, -0.1) is 0 Å². The number of nitrogens with two attached hydrogens (primary N) is 1. The summed E-state index contributed by atoms with van der Waals surface area (Å²) < 4.78 is 10.5. The van der Waals surface area contributed by atoms with E-state index >= 15 is 0 Å². The minimum Gasteiger partial charge on any atom is -0.493 e. The van der Waals surface area contributed by atoms with E-state index in [0.29, 0.717) is 22.1 Å². The van der Waals surface area contributed by atoms with Gasteiger partial charge in [0, 0.05) is 5.56 Å². The molecule has 0 bridgehead atoms. The summed E-state index contributed by atoms with van der Waals surface area (Å²) >= 11 is 6.23. The Morgan fingerprint density at radius 2 is 2.00 bits per heavy atom. The van der Waals surface area contributed by atoms with Crippen LogP contribution in [0.2, 0.25) is 5.02 Å². The van der Waals surface area contributed by atoms with Crippen molar-refractivity contribution in [2.75, 3.05) is 14.2 Å². The summed E-state index contributed by atoms with van der Waals surface area (Å²) in [7, 11) is 3.14. The topological polar surface area (TPSA) is 53.7 Å². The van der Waals surface area contributed by atoms with E-state index in [2.05, 4.69) is 4.84 Å². The Morgan fingerprint density at radius 3 is 2.44 bits per heavy atom. The molecular formula is C11H16ClNO3. The zero-order valence-electron chi connectivity index (χ0n) is 9.67. The third-order valence-electron chi connectivity index (χ3n) is 2.38. The van der Waals surface area contributed by atoms with Crippen molar-refractivity contribution in [3.8, 4) is 11.5 Å². The van der Waals surface area contributed by atoms with Gasteiger partial charge in [-0.25, -0.2) is 5.90 Å². The average Bonchev–Trinajstić information content (AvgIpc) is 2.31. The SMILES string of the molecule is CCc1cc(OC)c(OC)c(CON)c1Cl. The maximum atomic E-state index is 6.23. The van der Waals surface area contributed by atoms with Crippen LogP contribution in [0.1, 0.15) is 18.1 Å². The first-order chi connectivity index (χ1) is 7.69. The summed E-state index contributed by atoms with van der Waals surface area (Å²) in [6.45, 7) is 2.20. The summed E-state index contributed by atoms with van der Waals surface area (Å²) in [5, 5.41) is 0.616. The molecule has 1 aromatic carbocycles. The van der Waals surface area contributed by atoms with Gasteiger partial charge in [-0.1, -0.05) is 18.5 Å². The molecule has 0 aliphatic rings. The molecule has 0 heterocycles. The average molecular weight is 246 g/mol. The van der Waals surface area contributed by atoms with Crippen molar-refractivity contribution < 1.29 is 14.3 Å². The molecule has 0 unspecified atom stereocenters. The van der Waals surface area contributed by atoms with Crippen LogP contribution in [0.5, 0.6) is 11.5 Å². The van der Waals surface area contributed by atoms with E-state index in [1.165, 1.54) is 0 Å². The molecule has 2 N–H and O–H groups in total. The van der Waals surface area contributed by atoms with Crippen LogP contribution >= 0.6 is 11.6 Å². The first-order valence-corrected chi connectivity index (χ1v) is 5.31. The molecular weight excluding hydrogens is 230 g/mol.